The molecule has 0 radical (unpaired) electrons. The number of likely N-dealkylation sites (N-methyl/N-ethyl adjacent to an activating group) is 1. The number of rotatable bonds is 11. The Morgan fingerprint density at radius 2 is 2.04 bits per heavy atom. The molecular formula is C18H30NO4+. The molecule has 5 nitrogen and oxygen atoms in total. The maximum absolute atomic E-state index is 11.4. The first-order valence-electron chi connectivity index (χ1n) is 8.35. The molecule has 0 aromatic heterocycles. The summed E-state index contributed by atoms with van der Waals surface area (Å²) >= 11 is 0. The quantitative estimate of drug-likeness (QED) is 0.603. The van der Waals surface area contributed by atoms with Crippen LogP contribution in [-0.2, 0) is 0 Å². The Kier molecular flexibility index (Phi) is 8.66. The van der Waals surface area contributed by atoms with Gasteiger partial charge in [-0.2, -0.15) is 0 Å². The van der Waals surface area contributed by atoms with E-state index in [9.17, 15) is 9.90 Å². The maximum Gasteiger partial charge on any atom is 0.161 e. The molecule has 0 aliphatic carbocycles. The highest BCUT2D eigenvalue weighted by Crippen LogP contribution is 2.28. The third-order valence-electron chi connectivity index (χ3n) is 3.91. The summed E-state index contributed by atoms with van der Waals surface area (Å²) in [5.74, 6) is 1.03. The van der Waals surface area contributed by atoms with E-state index in [0.29, 0.717) is 23.6 Å². The summed E-state index contributed by atoms with van der Waals surface area (Å²) in [5.41, 5.74) is 0.580. The van der Waals surface area contributed by atoms with Crippen molar-refractivity contribution in [3.63, 3.8) is 0 Å². The van der Waals surface area contributed by atoms with Crippen molar-refractivity contribution in [2.24, 2.45) is 0 Å². The molecule has 2 N–H and O–H groups in total. The number of aliphatic hydroxyl groups excluding tert-OH is 1. The molecule has 2 atom stereocenters. The van der Waals surface area contributed by atoms with Crippen molar-refractivity contribution in [2.45, 2.75) is 39.7 Å². The summed E-state index contributed by atoms with van der Waals surface area (Å²) in [6.07, 6.45) is 1.80. The molecule has 1 rings (SSSR count). The lowest BCUT2D eigenvalue weighted by Crippen LogP contribution is -3.13. The molecule has 1 aromatic carbocycles. The largest absolute Gasteiger partial charge is 0.493 e. The lowest BCUT2D eigenvalue weighted by Gasteiger charge is -2.21. The number of hydrogen-bond acceptors (Lipinski definition) is 4. The van der Waals surface area contributed by atoms with Gasteiger partial charge in [-0.25, -0.2) is 0 Å². The van der Waals surface area contributed by atoms with Gasteiger partial charge in [-0.15, -0.1) is 0 Å². The van der Waals surface area contributed by atoms with Gasteiger partial charge in [0.15, 0.2) is 17.3 Å². The van der Waals surface area contributed by atoms with E-state index >= 15 is 0 Å². The van der Waals surface area contributed by atoms with Gasteiger partial charge >= 0.3 is 0 Å². The lowest BCUT2D eigenvalue weighted by atomic mass is 10.1. The van der Waals surface area contributed by atoms with Gasteiger partial charge in [0.1, 0.15) is 19.3 Å². The smallest absolute Gasteiger partial charge is 0.161 e. The van der Waals surface area contributed by atoms with Gasteiger partial charge in [0.2, 0.25) is 0 Å². The minimum Gasteiger partial charge on any atom is -0.493 e. The van der Waals surface area contributed by atoms with Crippen molar-refractivity contribution in [3.8, 4) is 11.5 Å². The minimum absolute atomic E-state index is 0.0204. The zero-order valence-electron chi connectivity index (χ0n) is 14.7. The zero-order chi connectivity index (χ0) is 17.2. The summed E-state index contributed by atoms with van der Waals surface area (Å²) in [6, 6.07) is 5.08. The number of Topliss-reactive ketones (excluding diaryl/α,β-unsaturated/α-hetero) is 1. The maximum atomic E-state index is 11.4. The van der Waals surface area contributed by atoms with Crippen LogP contribution in [0.2, 0.25) is 0 Å². The van der Waals surface area contributed by atoms with Crippen LogP contribution in [0.15, 0.2) is 18.2 Å². The van der Waals surface area contributed by atoms with E-state index < -0.39 is 6.10 Å². The normalized spacial score (nSPS) is 13.4. The topological polar surface area (TPSA) is 60.2 Å². The molecule has 130 valence electrons. The average Bonchev–Trinajstić information content (AvgIpc) is 2.56. The highest BCUT2D eigenvalue weighted by Gasteiger charge is 2.15. The minimum atomic E-state index is -0.529. The van der Waals surface area contributed by atoms with Crippen molar-refractivity contribution in [3.05, 3.63) is 23.8 Å². The van der Waals surface area contributed by atoms with E-state index in [2.05, 4.69) is 13.8 Å². The molecular weight excluding hydrogens is 294 g/mol. The fraction of sp³-hybridized carbons (Fsp3) is 0.611. The molecule has 0 saturated carbocycles. The summed E-state index contributed by atoms with van der Waals surface area (Å²) in [7, 11) is 1.54. The van der Waals surface area contributed by atoms with E-state index in [4.69, 9.17) is 9.47 Å². The number of ether oxygens (including phenoxy) is 2. The molecule has 1 unspecified atom stereocenters. The number of benzene rings is 1. The zero-order valence-corrected chi connectivity index (χ0v) is 14.7. The number of carbonyl (C=O) groups excluding carboxylic acids is 1. The molecule has 0 aliphatic heterocycles. The summed E-state index contributed by atoms with van der Waals surface area (Å²) < 4.78 is 10.9. The standard InChI is InChI=1S/C18H29NO4/c1-5-7-10-19(6-2)12-16(21)13-23-17-9-8-15(14(3)20)11-18(17)22-4/h8-9,11,16,21H,5-7,10,12-13H2,1-4H3/p+1/t16-/m1/s1. The first-order chi connectivity index (χ1) is 11.0. The van der Waals surface area contributed by atoms with E-state index in [0.717, 1.165) is 25.9 Å². The van der Waals surface area contributed by atoms with E-state index in [-0.39, 0.29) is 12.4 Å². The van der Waals surface area contributed by atoms with E-state index in [1.165, 1.54) is 18.9 Å². The number of ketones is 1. The van der Waals surface area contributed by atoms with Crippen LogP contribution in [0.25, 0.3) is 0 Å². The van der Waals surface area contributed by atoms with Crippen molar-refractivity contribution < 1.29 is 24.3 Å². The second-order valence-electron chi connectivity index (χ2n) is 5.80. The van der Waals surface area contributed by atoms with Gasteiger partial charge in [-0.1, -0.05) is 13.3 Å². The predicted molar refractivity (Wildman–Crippen MR) is 90.6 cm³/mol. The van der Waals surface area contributed by atoms with Crippen molar-refractivity contribution >= 4 is 5.78 Å². The molecule has 5 heteroatoms. The van der Waals surface area contributed by atoms with Gasteiger partial charge < -0.3 is 19.5 Å². The van der Waals surface area contributed by atoms with Crippen LogP contribution in [0.4, 0.5) is 0 Å². The molecule has 0 saturated heterocycles. The molecule has 0 spiro atoms. The molecule has 1 aromatic rings. The summed E-state index contributed by atoms with van der Waals surface area (Å²) in [6.45, 7) is 8.76. The Balaban J connectivity index is 2.58. The molecule has 0 bridgehead atoms. The SMILES string of the molecule is CCCC[NH+](CC)C[C@@H](O)COc1ccc(C(C)=O)cc1OC. The van der Waals surface area contributed by atoms with Crippen LogP contribution in [0.5, 0.6) is 11.5 Å². The van der Waals surface area contributed by atoms with Gasteiger partial charge in [-0.3, -0.25) is 4.79 Å². The van der Waals surface area contributed by atoms with Gasteiger partial charge in [0.05, 0.1) is 20.2 Å². The molecule has 0 aliphatic rings. The Labute approximate surface area is 139 Å². The third kappa shape index (κ3) is 6.59. The van der Waals surface area contributed by atoms with E-state index in [1.54, 1.807) is 18.2 Å². The van der Waals surface area contributed by atoms with Crippen LogP contribution in [0.1, 0.15) is 44.0 Å². The Morgan fingerprint density at radius 3 is 2.61 bits per heavy atom. The molecule has 0 amide bonds. The summed E-state index contributed by atoms with van der Waals surface area (Å²) in [4.78, 5) is 12.8. The van der Waals surface area contributed by atoms with Crippen LogP contribution < -0.4 is 14.4 Å². The second kappa shape index (κ2) is 10.2. The van der Waals surface area contributed by atoms with Crippen molar-refractivity contribution in [2.75, 3.05) is 33.4 Å². The van der Waals surface area contributed by atoms with Crippen molar-refractivity contribution in [1.82, 2.24) is 0 Å². The van der Waals surface area contributed by atoms with Crippen LogP contribution in [0, 0.1) is 0 Å². The Morgan fingerprint density at radius 1 is 1.30 bits per heavy atom. The molecule has 0 fully saturated rings. The van der Waals surface area contributed by atoms with Crippen LogP contribution >= 0.6 is 0 Å². The predicted octanol–water partition coefficient (Wildman–Crippen LogP) is 1.34. The number of quaternary nitrogens is 1. The van der Waals surface area contributed by atoms with Gasteiger partial charge in [0.25, 0.3) is 0 Å². The summed E-state index contributed by atoms with van der Waals surface area (Å²) in [5, 5.41) is 10.2. The first kappa shape index (κ1) is 19.5. The number of nitrogens with one attached hydrogen (secondary N) is 1. The van der Waals surface area contributed by atoms with E-state index in [1.807, 2.05) is 0 Å². The third-order valence-corrected chi connectivity index (χ3v) is 3.91. The number of aliphatic hydroxyl groups is 1. The number of unbranched alkanes of at least 4 members (excludes halogenated alkanes) is 1. The highest BCUT2D eigenvalue weighted by molar-refractivity contribution is 5.94. The molecule has 23 heavy (non-hydrogen) atoms. The van der Waals surface area contributed by atoms with Crippen molar-refractivity contribution in [1.29, 1.82) is 0 Å². The van der Waals surface area contributed by atoms with Gasteiger partial charge in [0, 0.05) is 5.56 Å². The van der Waals surface area contributed by atoms with Crippen LogP contribution in [-0.4, -0.2) is 50.3 Å². The van der Waals surface area contributed by atoms with Crippen LogP contribution in [0.3, 0.4) is 0 Å². The fourth-order valence-electron chi connectivity index (χ4n) is 2.43. The second-order valence-corrected chi connectivity index (χ2v) is 5.80. The fourth-order valence-corrected chi connectivity index (χ4v) is 2.43. The highest BCUT2D eigenvalue weighted by atomic mass is 16.5. The van der Waals surface area contributed by atoms with Gasteiger partial charge in [-0.05, 0) is 38.5 Å². The number of hydrogen-bond donors (Lipinski definition) is 2. The Hall–Kier alpha value is -1.59. The first-order valence-corrected chi connectivity index (χ1v) is 8.35. The number of methoxy groups -OCH3 is 1. The lowest BCUT2D eigenvalue weighted by molar-refractivity contribution is -0.901. The average molecular weight is 324 g/mol. The Bertz CT molecular complexity index is 490. The molecule has 0 heterocycles. The number of carbonyl (C=O) groups is 1. The monoisotopic (exact) mass is 324 g/mol.